The monoisotopic (exact) mass is 433 g/mol. The molecule has 3 aromatic rings. The standard InChI is InChI=1S/C23H23N5O4/c1-15-24-20(26-25-15)19-10-11-27(21(29)17-8-5-9-18(14-17)23(31)32)12-13-28(19)22(30)16-6-3-2-4-7-16/h2-9,14,19H,10-13H2,1H3,(H,31,32)(H,24,25,26). The number of rotatable bonds is 4. The van der Waals surface area contributed by atoms with E-state index in [0.29, 0.717) is 48.8 Å². The first-order chi connectivity index (χ1) is 15.4. The van der Waals surface area contributed by atoms with Crippen LogP contribution >= 0.6 is 0 Å². The molecule has 0 saturated carbocycles. The molecule has 2 N–H and O–H groups in total. The molecule has 1 aliphatic rings. The third-order valence-corrected chi connectivity index (χ3v) is 5.50. The number of aryl methyl sites for hydroxylation is 1. The van der Waals surface area contributed by atoms with Crippen LogP contribution in [0, 0.1) is 6.92 Å². The molecule has 0 bridgehead atoms. The predicted octanol–water partition coefficient (Wildman–Crippen LogP) is 2.54. The van der Waals surface area contributed by atoms with Crippen molar-refractivity contribution in [1.29, 1.82) is 0 Å². The van der Waals surface area contributed by atoms with Crippen LogP contribution in [-0.2, 0) is 0 Å². The van der Waals surface area contributed by atoms with E-state index in [0.717, 1.165) is 0 Å². The first kappa shape index (κ1) is 21.2. The number of aromatic nitrogens is 3. The quantitative estimate of drug-likeness (QED) is 0.653. The Morgan fingerprint density at radius 1 is 0.938 bits per heavy atom. The Bertz CT molecular complexity index is 1140. The number of hydrogen-bond donors (Lipinski definition) is 2. The number of amides is 2. The highest BCUT2D eigenvalue weighted by Gasteiger charge is 2.33. The maximum absolute atomic E-state index is 13.3. The topological polar surface area (TPSA) is 119 Å². The Labute approximate surface area is 184 Å². The highest BCUT2D eigenvalue weighted by Crippen LogP contribution is 2.27. The van der Waals surface area contributed by atoms with Gasteiger partial charge in [0, 0.05) is 30.8 Å². The van der Waals surface area contributed by atoms with Crippen LogP contribution in [0.3, 0.4) is 0 Å². The van der Waals surface area contributed by atoms with E-state index in [1.54, 1.807) is 41.0 Å². The predicted molar refractivity (Wildman–Crippen MR) is 115 cm³/mol. The van der Waals surface area contributed by atoms with E-state index >= 15 is 0 Å². The van der Waals surface area contributed by atoms with Gasteiger partial charge >= 0.3 is 5.97 Å². The fourth-order valence-corrected chi connectivity index (χ4v) is 3.87. The fourth-order valence-electron chi connectivity index (χ4n) is 3.87. The average Bonchev–Trinajstić information content (AvgIpc) is 3.12. The minimum absolute atomic E-state index is 0.0561. The highest BCUT2D eigenvalue weighted by atomic mass is 16.4. The number of H-pyrrole nitrogens is 1. The number of aromatic amines is 1. The first-order valence-electron chi connectivity index (χ1n) is 10.3. The van der Waals surface area contributed by atoms with Crippen LogP contribution in [0.4, 0.5) is 0 Å². The molecule has 0 aliphatic carbocycles. The van der Waals surface area contributed by atoms with Gasteiger partial charge in [-0.1, -0.05) is 24.3 Å². The molecule has 1 atom stereocenters. The molecule has 1 saturated heterocycles. The van der Waals surface area contributed by atoms with Crippen LogP contribution < -0.4 is 0 Å². The van der Waals surface area contributed by atoms with Crippen LogP contribution in [0.15, 0.2) is 54.6 Å². The van der Waals surface area contributed by atoms with Gasteiger partial charge in [-0.05, 0) is 43.7 Å². The second kappa shape index (κ2) is 9.01. The summed E-state index contributed by atoms with van der Waals surface area (Å²) in [7, 11) is 0. The number of carboxylic acids is 1. The van der Waals surface area contributed by atoms with Crippen LogP contribution in [-0.4, -0.2) is 67.5 Å². The lowest BCUT2D eigenvalue weighted by molar-refractivity contribution is 0.0662. The van der Waals surface area contributed by atoms with Crippen molar-refractivity contribution in [1.82, 2.24) is 25.0 Å². The molecule has 2 aromatic carbocycles. The fraction of sp³-hybridized carbons (Fsp3) is 0.261. The van der Waals surface area contributed by atoms with Gasteiger partial charge in [-0.15, -0.1) is 0 Å². The summed E-state index contributed by atoms with van der Waals surface area (Å²) in [5, 5.41) is 16.3. The van der Waals surface area contributed by atoms with E-state index in [9.17, 15) is 19.5 Å². The third-order valence-electron chi connectivity index (χ3n) is 5.50. The van der Waals surface area contributed by atoms with Gasteiger partial charge in [-0.3, -0.25) is 14.7 Å². The van der Waals surface area contributed by atoms with Crippen LogP contribution in [0.25, 0.3) is 0 Å². The van der Waals surface area contributed by atoms with Crippen molar-refractivity contribution >= 4 is 17.8 Å². The Balaban J connectivity index is 1.61. The van der Waals surface area contributed by atoms with Gasteiger partial charge in [0.2, 0.25) is 0 Å². The van der Waals surface area contributed by atoms with Crippen molar-refractivity contribution in [3.05, 3.63) is 82.9 Å². The summed E-state index contributed by atoms with van der Waals surface area (Å²) in [5.74, 6) is -0.355. The number of nitrogens with one attached hydrogen (secondary N) is 1. The van der Waals surface area contributed by atoms with Gasteiger partial charge in [0.15, 0.2) is 5.82 Å². The summed E-state index contributed by atoms with van der Waals surface area (Å²) in [6.07, 6.45) is 0.459. The van der Waals surface area contributed by atoms with E-state index in [1.807, 2.05) is 18.2 Å². The molecule has 32 heavy (non-hydrogen) atoms. The summed E-state index contributed by atoms with van der Waals surface area (Å²) in [6, 6.07) is 14.6. The number of carboxylic acid groups (broad SMARTS) is 1. The second-order valence-electron chi connectivity index (χ2n) is 7.63. The third kappa shape index (κ3) is 4.36. The molecule has 0 spiro atoms. The van der Waals surface area contributed by atoms with Crippen molar-refractivity contribution < 1.29 is 19.5 Å². The van der Waals surface area contributed by atoms with Crippen LogP contribution in [0.1, 0.15) is 55.2 Å². The van der Waals surface area contributed by atoms with E-state index in [2.05, 4.69) is 15.2 Å². The van der Waals surface area contributed by atoms with Crippen LogP contribution in [0.2, 0.25) is 0 Å². The summed E-state index contributed by atoms with van der Waals surface area (Å²) in [6.45, 7) is 2.79. The largest absolute Gasteiger partial charge is 0.478 e. The van der Waals surface area contributed by atoms with Crippen molar-refractivity contribution in [2.24, 2.45) is 0 Å². The molecule has 1 fully saturated rings. The number of carbonyl (C=O) groups is 3. The lowest BCUT2D eigenvalue weighted by Crippen LogP contribution is -2.38. The summed E-state index contributed by atoms with van der Waals surface area (Å²) in [4.78, 5) is 45.5. The lowest BCUT2D eigenvalue weighted by atomic mass is 10.1. The smallest absolute Gasteiger partial charge is 0.335 e. The van der Waals surface area contributed by atoms with Gasteiger partial charge in [0.1, 0.15) is 5.82 Å². The lowest BCUT2D eigenvalue weighted by Gasteiger charge is -2.27. The van der Waals surface area contributed by atoms with E-state index in [-0.39, 0.29) is 17.4 Å². The van der Waals surface area contributed by atoms with Crippen molar-refractivity contribution in [2.75, 3.05) is 19.6 Å². The van der Waals surface area contributed by atoms with Gasteiger partial charge < -0.3 is 14.9 Å². The number of hydrogen-bond acceptors (Lipinski definition) is 5. The van der Waals surface area contributed by atoms with E-state index < -0.39 is 12.0 Å². The summed E-state index contributed by atoms with van der Waals surface area (Å²) in [5.41, 5.74) is 0.914. The maximum atomic E-state index is 13.3. The van der Waals surface area contributed by atoms with E-state index in [4.69, 9.17) is 0 Å². The normalized spacial score (nSPS) is 16.5. The minimum Gasteiger partial charge on any atom is -0.478 e. The maximum Gasteiger partial charge on any atom is 0.335 e. The van der Waals surface area contributed by atoms with Crippen molar-refractivity contribution in [2.45, 2.75) is 19.4 Å². The number of nitrogens with zero attached hydrogens (tertiary/aromatic N) is 4. The number of benzene rings is 2. The second-order valence-corrected chi connectivity index (χ2v) is 7.63. The first-order valence-corrected chi connectivity index (χ1v) is 10.3. The molecule has 0 radical (unpaired) electrons. The van der Waals surface area contributed by atoms with Gasteiger partial charge in [0.25, 0.3) is 11.8 Å². The molecule has 2 heterocycles. The van der Waals surface area contributed by atoms with Crippen LogP contribution in [0.5, 0.6) is 0 Å². The SMILES string of the molecule is Cc1nc(C2CCN(C(=O)c3cccc(C(=O)O)c3)CCN2C(=O)c2ccccc2)n[nH]1. The zero-order valence-electron chi connectivity index (χ0n) is 17.6. The summed E-state index contributed by atoms with van der Waals surface area (Å²) < 4.78 is 0. The Kier molecular flexibility index (Phi) is 5.98. The molecule has 1 unspecified atom stereocenters. The molecule has 9 heteroatoms. The van der Waals surface area contributed by atoms with Crippen molar-refractivity contribution in [3.63, 3.8) is 0 Å². The van der Waals surface area contributed by atoms with Crippen molar-refractivity contribution in [3.8, 4) is 0 Å². The number of carbonyl (C=O) groups excluding carboxylic acids is 2. The zero-order valence-corrected chi connectivity index (χ0v) is 17.6. The highest BCUT2D eigenvalue weighted by molar-refractivity contribution is 5.98. The molecule has 4 rings (SSSR count). The summed E-state index contributed by atoms with van der Waals surface area (Å²) >= 11 is 0. The molecular formula is C23H23N5O4. The Hall–Kier alpha value is -4.01. The van der Waals surface area contributed by atoms with Gasteiger partial charge in [-0.2, -0.15) is 5.10 Å². The van der Waals surface area contributed by atoms with Gasteiger partial charge in [-0.25, -0.2) is 9.78 Å². The molecular weight excluding hydrogens is 410 g/mol. The number of aromatic carboxylic acids is 1. The molecule has 164 valence electrons. The minimum atomic E-state index is -1.09. The molecule has 1 aliphatic heterocycles. The molecule has 2 amide bonds. The zero-order chi connectivity index (χ0) is 22.7. The Morgan fingerprint density at radius 2 is 1.66 bits per heavy atom. The molecule has 1 aromatic heterocycles. The average molecular weight is 433 g/mol. The molecule has 9 nitrogen and oxygen atoms in total. The Morgan fingerprint density at radius 3 is 2.34 bits per heavy atom. The van der Waals surface area contributed by atoms with E-state index in [1.165, 1.54) is 12.1 Å². The van der Waals surface area contributed by atoms with Gasteiger partial charge in [0.05, 0.1) is 11.6 Å².